The van der Waals surface area contributed by atoms with Gasteiger partial charge in [-0.2, -0.15) is 0 Å². The van der Waals surface area contributed by atoms with E-state index in [-0.39, 0.29) is 31.5 Å². The molecule has 1 aliphatic carbocycles. The molecule has 0 spiro atoms. The molecule has 1 aliphatic rings. The van der Waals surface area contributed by atoms with E-state index in [1.54, 1.807) is 27.7 Å². The van der Waals surface area contributed by atoms with Crippen molar-refractivity contribution in [1.29, 1.82) is 0 Å². The third-order valence-corrected chi connectivity index (χ3v) is 6.03. The number of aliphatic hydroxyl groups excluding tert-OH is 1. The summed E-state index contributed by atoms with van der Waals surface area (Å²) < 4.78 is 10.2. The summed E-state index contributed by atoms with van der Waals surface area (Å²) in [4.78, 5) is 53.0. The molecule has 0 aromatic heterocycles. The molecule has 206 valence electrons. The van der Waals surface area contributed by atoms with E-state index in [0.717, 1.165) is 11.1 Å². The number of aryl methyl sites for hydroxylation is 2. The molecule has 4 atom stereocenters. The largest absolute Gasteiger partial charge is 0.466 e. The summed E-state index contributed by atoms with van der Waals surface area (Å²) in [5.41, 5.74) is 1.65. The molecule has 1 saturated carbocycles. The smallest absolute Gasteiger partial charge is 0.408 e. The van der Waals surface area contributed by atoms with E-state index in [2.05, 4.69) is 10.6 Å². The van der Waals surface area contributed by atoms with Crippen molar-refractivity contribution in [2.75, 3.05) is 19.8 Å². The molecular weight excluding hydrogens is 478 g/mol. The van der Waals surface area contributed by atoms with Crippen LogP contribution in [0.15, 0.2) is 18.2 Å². The fraction of sp³-hybridized carbons (Fsp3) is 0.630. The van der Waals surface area contributed by atoms with Gasteiger partial charge in [-0.15, -0.1) is 0 Å². The van der Waals surface area contributed by atoms with Crippen LogP contribution < -0.4 is 10.6 Å². The zero-order chi connectivity index (χ0) is 27.9. The molecule has 37 heavy (non-hydrogen) atoms. The van der Waals surface area contributed by atoms with Crippen LogP contribution in [-0.4, -0.2) is 71.3 Å². The predicted octanol–water partition coefficient (Wildman–Crippen LogP) is 2.54. The topological polar surface area (TPSA) is 134 Å². The summed E-state index contributed by atoms with van der Waals surface area (Å²) >= 11 is 0. The maximum atomic E-state index is 13.8. The molecule has 10 nitrogen and oxygen atoms in total. The van der Waals surface area contributed by atoms with Gasteiger partial charge in [0.15, 0.2) is 0 Å². The third-order valence-electron chi connectivity index (χ3n) is 6.03. The monoisotopic (exact) mass is 519 g/mol. The van der Waals surface area contributed by atoms with E-state index in [1.807, 2.05) is 39.0 Å². The summed E-state index contributed by atoms with van der Waals surface area (Å²) in [6, 6.07) is 3.01. The second-order valence-corrected chi connectivity index (χ2v) is 10.5. The van der Waals surface area contributed by atoms with E-state index in [9.17, 15) is 24.3 Å². The first-order valence-electron chi connectivity index (χ1n) is 12.7. The van der Waals surface area contributed by atoms with Gasteiger partial charge >= 0.3 is 12.1 Å². The Hall–Kier alpha value is -3.14. The number of carbonyl (C=O) groups excluding carboxylic acids is 4. The number of amides is 3. The van der Waals surface area contributed by atoms with Crippen LogP contribution in [0.4, 0.5) is 4.79 Å². The fourth-order valence-corrected chi connectivity index (χ4v) is 4.15. The Morgan fingerprint density at radius 1 is 1.19 bits per heavy atom. The van der Waals surface area contributed by atoms with Crippen LogP contribution in [0.25, 0.3) is 0 Å². The lowest BCUT2D eigenvalue weighted by Crippen LogP contribution is -2.55. The van der Waals surface area contributed by atoms with Crippen LogP contribution in [0.5, 0.6) is 0 Å². The summed E-state index contributed by atoms with van der Waals surface area (Å²) in [6.45, 7) is 12.2. The number of ether oxygens (including phenoxy) is 2. The summed E-state index contributed by atoms with van der Waals surface area (Å²) in [6.07, 6.45) is -0.175. The zero-order valence-corrected chi connectivity index (χ0v) is 22.9. The van der Waals surface area contributed by atoms with E-state index in [1.165, 1.54) is 4.90 Å². The number of nitrogens with zero attached hydrogens (tertiary/aromatic N) is 1. The van der Waals surface area contributed by atoms with Crippen molar-refractivity contribution in [3.05, 3.63) is 34.9 Å². The normalized spacial score (nSPS) is 18.3. The summed E-state index contributed by atoms with van der Waals surface area (Å²) in [7, 11) is 0. The highest BCUT2D eigenvalue weighted by molar-refractivity contribution is 5.93. The Balaban J connectivity index is 2.40. The van der Waals surface area contributed by atoms with Crippen LogP contribution in [-0.2, 0) is 23.9 Å². The van der Waals surface area contributed by atoms with Crippen LogP contribution in [0.1, 0.15) is 70.2 Å². The first kappa shape index (κ1) is 30.1. The van der Waals surface area contributed by atoms with Gasteiger partial charge in [-0.05, 0) is 65.0 Å². The zero-order valence-electron chi connectivity index (χ0n) is 22.9. The Morgan fingerprint density at radius 2 is 1.84 bits per heavy atom. The second-order valence-electron chi connectivity index (χ2n) is 10.5. The molecule has 0 bridgehead atoms. The highest BCUT2D eigenvalue weighted by Gasteiger charge is 2.48. The number of nitrogens with one attached hydrogen (secondary N) is 2. The van der Waals surface area contributed by atoms with E-state index in [0.29, 0.717) is 12.0 Å². The van der Waals surface area contributed by atoms with Gasteiger partial charge in [0.25, 0.3) is 0 Å². The maximum Gasteiger partial charge on any atom is 0.408 e. The minimum atomic E-state index is -1.30. The maximum absolute atomic E-state index is 13.8. The molecule has 1 aromatic carbocycles. The molecule has 0 heterocycles. The van der Waals surface area contributed by atoms with Gasteiger partial charge in [-0.25, -0.2) is 4.79 Å². The highest BCUT2D eigenvalue weighted by atomic mass is 16.6. The second kappa shape index (κ2) is 12.9. The number of aliphatic hydroxyl groups is 1. The van der Waals surface area contributed by atoms with Crippen molar-refractivity contribution in [2.45, 2.75) is 85.0 Å². The number of carbonyl (C=O) groups is 4. The molecule has 10 heteroatoms. The number of esters is 1. The van der Waals surface area contributed by atoms with E-state index in [4.69, 9.17) is 9.47 Å². The number of hydrogen-bond acceptors (Lipinski definition) is 7. The van der Waals surface area contributed by atoms with Crippen LogP contribution >= 0.6 is 0 Å². The van der Waals surface area contributed by atoms with E-state index < -0.39 is 48.2 Å². The Morgan fingerprint density at radius 3 is 2.35 bits per heavy atom. The Labute approximate surface area is 219 Å². The van der Waals surface area contributed by atoms with Gasteiger partial charge < -0.3 is 30.1 Å². The van der Waals surface area contributed by atoms with Gasteiger partial charge in [0.1, 0.15) is 17.7 Å². The molecule has 3 N–H and O–H groups in total. The van der Waals surface area contributed by atoms with Crippen molar-refractivity contribution >= 4 is 23.9 Å². The average Bonchev–Trinajstić information content (AvgIpc) is 3.50. The van der Waals surface area contributed by atoms with Gasteiger partial charge in [0, 0.05) is 12.6 Å². The van der Waals surface area contributed by atoms with Crippen LogP contribution in [0.2, 0.25) is 0 Å². The molecular formula is C27H41N3O7. The highest BCUT2D eigenvalue weighted by Crippen LogP contribution is 2.41. The molecule has 0 saturated heterocycles. The summed E-state index contributed by atoms with van der Waals surface area (Å²) in [5.74, 6) is -1.35. The minimum absolute atomic E-state index is 0.00752. The predicted molar refractivity (Wildman–Crippen MR) is 138 cm³/mol. The Kier molecular flexibility index (Phi) is 10.5. The molecule has 3 amide bonds. The number of hydrogen-bond donors (Lipinski definition) is 3. The number of benzene rings is 1. The first-order chi connectivity index (χ1) is 17.3. The van der Waals surface area contributed by atoms with Crippen molar-refractivity contribution in [3.63, 3.8) is 0 Å². The molecule has 1 fully saturated rings. The number of rotatable bonds is 11. The molecule has 0 radical (unpaired) electrons. The molecule has 0 aliphatic heterocycles. The lowest BCUT2D eigenvalue weighted by molar-refractivity contribution is -0.145. The standard InChI is InChI=1S/C27H41N3O7/c1-8-36-22(32)11-12-28-24(33)23(19-10-9-16(2)13-17(19)3)30(21-14-18(21)4)25(34)20(15-31)29-26(35)37-27(5,6)7/h9-10,13,18,20-21,23,31H,8,11-12,14-15H2,1-7H3,(H,28,33)(H,29,35). The van der Waals surface area contributed by atoms with Crippen molar-refractivity contribution in [1.82, 2.24) is 15.5 Å². The van der Waals surface area contributed by atoms with Crippen LogP contribution in [0.3, 0.4) is 0 Å². The van der Waals surface area contributed by atoms with Crippen LogP contribution in [0, 0.1) is 19.8 Å². The van der Waals surface area contributed by atoms with Crippen molar-refractivity contribution in [3.8, 4) is 0 Å². The lowest BCUT2D eigenvalue weighted by atomic mass is 9.96. The molecule has 4 unspecified atom stereocenters. The first-order valence-corrected chi connectivity index (χ1v) is 12.7. The third kappa shape index (κ3) is 8.73. The Bertz CT molecular complexity index is 989. The van der Waals surface area contributed by atoms with Crippen molar-refractivity contribution < 1.29 is 33.8 Å². The number of alkyl carbamates (subject to hydrolysis) is 1. The van der Waals surface area contributed by atoms with Gasteiger partial charge in [-0.1, -0.05) is 30.7 Å². The van der Waals surface area contributed by atoms with E-state index >= 15 is 0 Å². The quantitative estimate of drug-likeness (QED) is 0.383. The minimum Gasteiger partial charge on any atom is -0.466 e. The molecule has 2 rings (SSSR count). The van der Waals surface area contributed by atoms with Gasteiger partial charge in [0.05, 0.1) is 19.6 Å². The fourth-order valence-electron chi connectivity index (χ4n) is 4.15. The van der Waals surface area contributed by atoms with Gasteiger partial charge in [-0.3, -0.25) is 14.4 Å². The lowest BCUT2D eigenvalue weighted by Gasteiger charge is -2.35. The average molecular weight is 520 g/mol. The SMILES string of the molecule is CCOC(=O)CCNC(=O)C(c1ccc(C)cc1C)N(C(=O)C(CO)NC(=O)OC(C)(C)C)C1CC1C. The summed E-state index contributed by atoms with van der Waals surface area (Å²) in [5, 5.41) is 15.2. The van der Waals surface area contributed by atoms with Gasteiger partial charge in [0.2, 0.25) is 11.8 Å². The molecule has 1 aromatic rings. The van der Waals surface area contributed by atoms with Crippen molar-refractivity contribution in [2.24, 2.45) is 5.92 Å².